The Morgan fingerprint density at radius 1 is 1.37 bits per heavy atom. The maximum atomic E-state index is 13.7. The topological polar surface area (TPSA) is 37.8 Å². The molecule has 2 heterocycles. The van der Waals surface area contributed by atoms with Gasteiger partial charge in [-0.2, -0.15) is 0 Å². The van der Waals surface area contributed by atoms with E-state index in [4.69, 9.17) is 11.6 Å². The fourth-order valence-corrected chi connectivity index (χ4v) is 3.41. The number of hydrogen-bond donors (Lipinski definition) is 1. The molecule has 2 aromatic rings. The van der Waals surface area contributed by atoms with Crippen molar-refractivity contribution in [2.45, 2.75) is 17.4 Å². The number of nitrogens with zero attached hydrogens (tertiary/aromatic N) is 2. The lowest BCUT2D eigenvalue weighted by Gasteiger charge is -2.26. The maximum absolute atomic E-state index is 13.7. The molecule has 0 saturated heterocycles. The van der Waals surface area contributed by atoms with Crippen LogP contribution in [0.25, 0.3) is 0 Å². The van der Waals surface area contributed by atoms with E-state index in [0.717, 1.165) is 22.6 Å². The Labute approximate surface area is 119 Å². The van der Waals surface area contributed by atoms with Crippen molar-refractivity contribution in [3.8, 4) is 0 Å². The van der Waals surface area contributed by atoms with Gasteiger partial charge < -0.3 is 5.32 Å². The van der Waals surface area contributed by atoms with Crippen LogP contribution in [0.5, 0.6) is 0 Å². The van der Waals surface area contributed by atoms with Crippen LogP contribution in [0.1, 0.15) is 18.0 Å². The van der Waals surface area contributed by atoms with Gasteiger partial charge in [0.2, 0.25) is 0 Å². The highest BCUT2D eigenvalue weighted by atomic mass is 35.5. The fourth-order valence-electron chi connectivity index (χ4n) is 2.13. The van der Waals surface area contributed by atoms with Crippen LogP contribution < -0.4 is 5.32 Å². The lowest BCUT2D eigenvalue weighted by Crippen LogP contribution is -2.17. The molecule has 6 heteroatoms. The van der Waals surface area contributed by atoms with Crippen molar-refractivity contribution in [3.63, 3.8) is 0 Å². The highest BCUT2D eigenvalue weighted by Gasteiger charge is 2.23. The number of aromatic nitrogens is 2. The van der Waals surface area contributed by atoms with Crippen molar-refractivity contribution < 1.29 is 4.39 Å². The zero-order chi connectivity index (χ0) is 13.2. The molecule has 0 spiro atoms. The Bertz CT molecular complexity index is 608. The second kappa shape index (κ2) is 5.35. The van der Waals surface area contributed by atoms with E-state index < -0.39 is 0 Å². The van der Waals surface area contributed by atoms with E-state index in [2.05, 4.69) is 15.3 Å². The lowest BCUT2D eigenvalue weighted by molar-refractivity contribution is 0.584. The zero-order valence-corrected chi connectivity index (χ0v) is 11.5. The van der Waals surface area contributed by atoms with Crippen molar-refractivity contribution in [3.05, 3.63) is 47.1 Å². The summed E-state index contributed by atoms with van der Waals surface area (Å²) in [6.45, 7) is 0. The average Bonchev–Trinajstić information content (AvgIpc) is 2.40. The van der Waals surface area contributed by atoms with Gasteiger partial charge >= 0.3 is 0 Å². The summed E-state index contributed by atoms with van der Waals surface area (Å²) in [5.41, 5.74) is 0.970. The molecule has 98 valence electrons. The Hall–Kier alpha value is -1.33. The number of thioether (sulfide) groups is 1. The first-order valence-corrected chi connectivity index (χ1v) is 7.25. The third-order valence-corrected chi connectivity index (χ3v) is 4.29. The number of nitrogens with one attached hydrogen (secondary N) is 1. The second-order valence-corrected chi connectivity index (χ2v) is 5.71. The van der Waals surface area contributed by atoms with Crippen LogP contribution in [0.4, 0.5) is 10.2 Å². The van der Waals surface area contributed by atoms with Gasteiger partial charge in [-0.1, -0.05) is 23.7 Å². The van der Waals surface area contributed by atoms with Gasteiger partial charge in [-0.3, -0.25) is 4.98 Å². The standard InChI is InChI=1S/C13H11ClFN3S/c14-11-6-16-7-12(18-11)17-10-4-5-19-13-8(10)2-1-3-9(13)15/h1-3,6-7,10H,4-5H2,(H,17,18)/t10-/m1/s1. The number of halogens is 2. The van der Waals surface area contributed by atoms with Crippen LogP contribution in [0, 0.1) is 5.82 Å². The molecule has 3 rings (SSSR count). The normalized spacial score (nSPS) is 17.9. The Morgan fingerprint density at radius 2 is 2.26 bits per heavy atom. The van der Waals surface area contributed by atoms with Gasteiger partial charge in [0.1, 0.15) is 16.8 Å². The molecule has 0 fully saturated rings. The molecule has 1 atom stereocenters. The fraction of sp³-hybridized carbons (Fsp3) is 0.231. The van der Waals surface area contributed by atoms with Gasteiger partial charge in [0, 0.05) is 10.6 Å². The van der Waals surface area contributed by atoms with Crippen molar-refractivity contribution in [1.29, 1.82) is 0 Å². The van der Waals surface area contributed by atoms with Gasteiger partial charge in [0.15, 0.2) is 0 Å². The first kappa shape index (κ1) is 12.7. The maximum Gasteiger partial charge on any atom is 0.149 e. The molecular formula is C13H11ClFN3S. The minimum absolute atomic E-state index is 0.0414. The summed E-state index contributed by atoms with van der Waals surface area (Å²) in [7, 11) is 0. The molecule has 0 radical (unpaired) electrons. The number of anilines is 1. The van der Waals surface area contributed by atoms with Crippen molar-refractivity contribution >= 4 is 29.2 Å². The first-order valence-electron chi connectivity index (χ1n) is 5.89. The van der Waals surface area contributed by atoms with Gasteiger partial charge in [-0.05, 0) is 18.1 Å². The summed E-state index contributed by atoms with van der Waals surface area (Å²) in [6, 6.07) is 5.21. The van der Waals surface area contributed by atoms with Crippen molar-refractivity contribution in [1.82, 2.24) is 9.97 Å². The van der Waals surface area contributed by atoms with E-state index in [9.17, 15) is 4.39 Å². The van der Waals surface area contributed by atoms with Gasteiger partial charge in [-0.25, -0.2) is 9.37 Å². The van der Waals surface area contributed by atoms with E-state index in [1.165, 1.54) is 12.3 Å². The molecule has 1 aliphatic rings. The molecule has 1 aromatic carbocycles. The van der Waals surface area contributed by atoms with Gasteiger partial charge in [0.05, 0.1) is 18.4 Å². The number of hydrogen-bond acceptors (Lipinski definition) is 4. The molecule has 19 heavy (non-hydrogen) atoms. The summed E-state index contributed by atoms with van der Waals surface area (Å²) in [5, 5.41) is 3.61. The molecule has 0 unspecified atom stereocenters. The summed E-state index contributed by atoms with van der Waals surface area (Å²) >= 11 is 7.37. The number of rotatable bonds is 2. The average molecular weight is 296 g/mol. The molecule has 0 amide bonds. The first-order chi connectivity index (χ1) is 9.24. The Morgan fingerprint density at radius 3 is 3.11 bits per heavy atom. The van der Waals surface area contributed by atoms with Gasteiger partial charge in [0.25, 0.3) is 0 Å². The summed E-state index contributed by atoms with van der Waals surface area (Å²) < 4.78 is 13.7. The molecular weight excluding hydrogens is 285 g/mol. The molecule has 0 bridgehead atoms. The van der Waals surface area contributed by atoms with Crippen LogP contribution in [0.3, 0.4) is 0 Å². The largest absolute Gasteiger partial charge is 0.362 e. The van der Waals surface area contributed by atoms with Crippen LogP contribution in [0.2, 0.25) is 5.15 Å². The van der Waals surface area contributed by atoms with Gasteiger partial charge in [-0.15, -0.1) is 11.8 Å². The van der Waals surface area contributed by atoms with Crippen LogP contribution in [-0.4, -0.2) is 15.7 Å². The predicted octanol–water partition coefficient (Wildman–Crippen LogP) is 3.92. The molecule has 1 N–H and O–H groups in total. The van der Waals surface area contributed by atoms with Crippen LogP contribution >= 0.6 is 23.4 Å². The predicted molar refractivity (Wildman–Crippen MR) is 75.1 cm³/mol. The number of fused-ring (bicyclic) bond motifs is 1. The van der Waals surface area contributed by atoms with Crippen molar-refractivity contribution in [2.75, 3.05) is 11.1 Å². The van der Waals surface area contributed by atoms with E-state index in [1.807, 2.05) is 6.07 Å². The van der Waals surface area contributed by atoms with E-state index in [0.29, 0.717) is 11.0 Å². The monoisotopic (exact) mass is 295 g/mol. The summed E-state index contributed by atoms with van der Waals surface area (Å²) in [5.74, 6) is 1.32. The minimum Gasteiger partial charge on any atom is -0.362 e. The second-order valence-electron chi connectivity index (χ2n) is 4.22. The molecule has 3 nitrogen and oxygen atoms in total. The minimum atomic E-state index is -0.161. The SMILES string of the molecule is Fc1cccc2c1SCC[C@H]2Nc1cncc(Cl)n1. The molecule has 1 aliphatic heterocycles. The molecule has 0 saturated carbocycles. The van der Waals surface area contributed by atoms with E-state index in [-0.39, 0.29) is 11.9 Å². The highest BCUT2D eigenvalue weighted by molar-refractivity contribution is 7.99. The zero-order valence-electron chi connectivity index (χ0n) is 9.94. The van der Waals surface area contributed by atoms with E-state index in [1.54, 1.807) is 24.0 Å². The summed E-state index contributed by atoms with van der Waals surface area (Å²) in [6.07, 6.45) is 4.01. The Balaban J connectivity index is 1.90. The lowest BCUT2D eigenvalue weighted by atomic mass is 10.0. The van der Waals surface area contributed by atoms with E-state index >= 15 is 0 Å². The third-order valence-electron chi connectivity index (χ3n) is 2.95. The summed E-state index contributed by atoms with van der Waals surface area (Å²) in [4.78, 5) is 8.86. The Kier molecular flexibility index (Phi) is 3.57. The number of benzene rings is 1. The third kappa shape index (κ3) is 2.67. The van der Waals surface area contributed by atoms with Crippen LogP contribution in [-0.2, 0) is 0 Å². The smallest absolute Gasteiger partial charge is 0.149 e. The van der Waals surface area contributed by atoms with Crippen LogP contribution in [0.15, 0.2) is 35.5 Å². The molecule has 0 aliphatic carbocycles. The molecule has 1 aromatic heterocycles. The van der Waals surface area contributed by atoms with Crippen molar-refractivity contribution in [2.24, 2.45) is 0 Å². The quantitative estimate of drug-likeness (QED) is 0.911. The highest BCUT2D eigenvalue weighted by Crippen LogP contribution is 2.39.